The molecular formula is C29H27ClN2O6. The van der Waals surface area contributed by atoms with E-state index in [2.05, 4.69) is 5.32 Å². The van der Waals surface area contributed by atoms with Gasteiger partial charge >= 0.3 is 6.03 Å². The predicted molar refractivity (Wildman–Crippen MR) is 145 cm³/mol. The molecule has 0 aromatic heterocycles. The molecule has 1 aliphatic rings. The molecule has 0 bridgehead atoms. The van der Waals surface area contributed by atoms with Crippen LogP contribution < -0.4 is 24.4 Å². The number of carbonyl (C=O) groups excluding carboxylic acids is 3. The summed E-state index contributed by atoms with van der Waals surface area (Å²) in [6, 6.07) is 16.4. The molecule has 0 aliphatic carbocycles. The number of carbonyl (C=O) groups is 3. The number of ether oxygens (including phenoxy) is 3. The van der Waals surface area contributed by atoms with E-state index in [1.54, 1.807) is 30.3 Å². The predicted octanol–water partition coefficient (Wildman–Crippen LogP) is 5.48. The zero-order valence-corrected chi connectivity index (χ0v) is 22.0. The first-order valence-corrected chi connectivity index (χ1v) is 12.4. The Morgan fingerprint density at radius 2 is 1.55 bits per heavy atom. The number of nitrogens with zero attached hydrogens (tertiary/aromatic N) is 1. The van der Waals surface area contributed by atoms with Crippen molar-refractivity contribution in [1.82, 2.24) is 5.32 Å². The van der Waals surface area contributed by atoms with E-state index < -0.39 is 17.8 Å². The topological polar surface area (TPSA) is 94.2 Å². The Balaban J connectivity index is 1.50. The number of amides is 4. The molecule has 0 spiro atoms. The first-order valence-electron chi connectivity index (χ1n) is 12.0. The lowest BCUT2D eigenvalue weighted by atomic mass is 10.1. The minimum absolute atomic E-state index is 0.197. The monoisotopic (exact) mass is 534 g/mol. The zero-order valence-electron chi connectivity index (χ0n) is 21.2. The molecule has 1 fully saturated rings. The molecule has 3 aromatic carbocycles. The maximum atomic E-state index is 13.1. The Labute approximate surface area is 225 Å². The number of nitrogens with one attached hydrogen (secondary N) is 1. The highest BCUT2D eigenvalue weighted by Crippen LogP contribution is 2.30. The number of hydrogen-bond acceptors (Lipinski definition) is 6. The Hall–Kier alpha value is -4.30. The number of imide groups is 2. The van der Waals surface area contributed by atoms with Crippen molar-refractivity contribution in [3.63, 3.8) is 0 Å². The smallest absolute Gasteiger partial charge is 0.335 e. The van der Waals surface area contributed by atoms with Crippen molar-refractivity contribution in [1.29, 1.82) is 0 Å². The van der Waals surface area contributed by atoms with Gasteiger partial charge in [0.05, 0.1) is 12.3 Å². The van der Waals surface area contributed by atoms with E-state index in [4.69, 9.17) is 25.8 Å². The fourth-order valence-corrected chi connectivity index (χ4v) is 3.94. The van der Waals surface area contributed by atoms with Crippen LogP contribution in [0.1, 0.15) is 23.6 Å². The van der Waals surface area contributed by atoms with Crippen molar-refractivity contribution >= 4 is 41.2 Å². The molecule has 1 aliphatic heterocycles. The van der Waals surface area contributed by atoms with Crippen molar-refractivity contribution in [2.45, 2.75) is 20.8 Å². The van der Waals surface area contributed by atoms with Crippen molar-refractivity contribution < 1.29 is 28.6 Å². The summed E-state index contributed by atoms with van der Waals surface area (Å²) in [5.41, 5.74) is 2.77. The number of benzene rings is 3. The number of halogens is 1. The van der Waals surface area contributed by atoms with Gasteiger partial charge in [-0.3, -0.25) is 14.9 Å². The Kier molecular flexibility index (Phi) is 8.33. The van der Waals surface area contributed by atoms with Gasteiger partial charge in [-0.05, 0) is 86.0 Å². The van der Waals surface area contributed by atoms with Gasteiger partial charge in [0, 0.05) is 5.02 Å². The highest BCUT2D eigenvalue weighted by molar-refractivity contribution is 6.39. The summed E-state index contributed by atoms with van der Waals surface area (Å²) in [6.45, 7) is 6.83. The van der Waals surface area contributed by atoms with Crippen LogP contribution in [0.5, 0.6) is 17.2 Å². The Bertz CT molecular complexity index is 1400. The van der Waals surface area contributed by atoms with Gasteiger partial charge in [-0.25, -0.2) is 9.69 Å². The number of aryl methyl sites for hydroxylation is 2. The maximum absolute atomic E-state index is 13.1. The summed E-state index contributed by atoms with van der Waals surface area (Å²) in [5.74, 6) is 0.219. The lowest BCUT2D eigenvalue weighted by Gasteiger charge is -2.26. The Morgan fingerprint density at radius 3 is 2.26 bits per heavy atom. The van der Waals surface area contributed by atoms with E-state index in [-0.39, 0.29) is 17.9 Å². The summed E-state index contributed by atoms with van der Waals surface area (Å²) in [5, 5.41) is 2.66. The fraction of sp³-hybridized carbons (Fsp3) is 0.207. The van der Waals surface area contributed by atoms with E-state index in [1.165, 1.54) is 18.2 Å². The summed E-state index contributed by atoms with van der Waals surface area (Å²) >= 11 is 5.92. The van der Waals surface area contributed by atoms with Crippen molar-refractivity contribution in [3.05, 3.63) is 87.9 Å². The first-order chi connectivity index (χ1) is 18.3. The second-order valence-electron chi connectivity index (χ2n) is 8.54. The largest absolute Gasteiger partial charge is 0.490 e. The molecule has 1 heterocycles. The SMILES string of the molecule is CCOc1cc(/C=C2\C(=O)NC(=O)N(c3ccc(Cl)cc3)C2=O)ccc1OCCOc1cc(C)ccc1C. The molecule has 0 unspecified atom stereocenters. The maximum Gasteiger partial charge on any atom is 0.335 e. The lowest BCUT2D eigenvalue weighted by molar-refractivity contribution is -0.122. The van der Waals surface area contributed by atoms with Gasteiger partial charge in [0.25, 0.3) is 11.8 Å². The van der Waals surface area contributed by atoms with Crippen molar-refractivity contribution in [2.75, 3.05) is 24.7 Å². The van der Waals surface area contributed by atoms with E-state index in [0.717, 1.165) is 21.8 Å². The van der Waals surface area contributed by atoms with Crippen LogP contribution in [0.15, 0.2) is 66.2 Å². The standard InChI is InChI=1S/C29H27ClN2O6/c1-4-36-26-17-20(7-12-24(26)37-13-14-38-25-15-18(2)5-6-19(25)3)16-23-27(33)31-29(35)32(28(23)34)22-10-8-21(30)9-11-22/h5-12,15-17H,4,13-14H2,1-3H3,(H,31,33,35)/b23-16+. The highest BCUT2D eigenvalue weighted by Gasteiger charge is 2.36. The van der Waals surface area contributed by atoms with Crippen LogP contribution in [-0.2, 0) is 9.59 Å². The number of rotatable bonds is 9. The molecule has 0 radical (unpaired) electrons. The molecule has 1 saturated heterocycles. The van der Waals surface area contributed by atoms with Gasteiger partial charge in [-0.2, -0.15) is 0 Å². The average molecular weight is 535 g/mol. The highest BCUT2D eigenvalue weighted by atomic mass is 35.5. The summed E-state index contributed by atoms with van der Waals surface area (Å²) in [7, 11) is 0. The van der Waals surface area contributed by atoms with Crippen molar-refractivity contribution in [3.8, 4) is 17.2 Å². The molecule has 38 heavy (non-hydrogen) atoms. The molecule has 1 N–H and O–H groups in total. The van der Waals surface area contributed by atoms with Gasteiger partial charge in [0.15, 0.2) is 11.5 Å². The van der Waals surface area contributed by atoms with Crippen molar-refractivity contribution in [2.24, 2.45) is 0 Å². The third-order valence-electron chi connectivity index (χ3n) is 5.71. The lowest BCUT2D eigenvalue weighted by Crippen LogP contribution is -2.54. The third kappa shape index (κ3) is 6.15. The molecule has 196 valence electrons. The number of anilines is 1. The fourth-order valence-electron chi connectivity index (χ4n) is 3.82. The van der Waals surface area contributed by atoms with Crippen LogP contribution in [0.3, 0.4) is 0 Å². The quantitative estimate of drug-likeness (QED) is 0.222. The second-order valence-corrected chi connectivity index (χ2v) is 8.98. The van der Waals surface area contributed by atoms with E-state index in [0.29, 0.717) is 35.3 Å². The third-order valence-corrected chi connectivity index (χ3v) is 5.96. The molecule has 8 nitrogen and oxygen atoms in total. The van der Waals surface area contributed by atoms with E-state index in [1.807, 2.05) is 39.0 Å². The second kappa shape index (κ2) is 11.8. The molecule has 9 heteroatoms. The first kappa shape index (κ1) is 26.8. The van der Waals surface area contributed by atoms with Crippen LogP contribution >= 0.6 is 11.6 Å². The normalized spacial score (nSPS) is 14.5. The molecule has 4 rings (SSSR count). The van der Waals surface area contributed by atoms with Crippen LogP contribution in [0.2, 0.25) is 5.02 Å². The van der Waals surface area contributed by atoms with Gasteiger partial charge < -0.3 is 14.2 Å². The summed E-state index contributed by atoms with van der Waals surface area (Å²) < 4.78 is 17.5. The van der Waals surface area contributed by atoms with Crippen LogP contribution in [0, 0.1) is 13.8 Å². The zero-order chi connectivity index (χ0) is 27.2. The number of barbiturate groups is 1. The van der Waals surface area contributed by atoms with Gasteiger partial charge in [-0.1, -0.05) is 29.8 Å². The summed E-state index contributed by atoms with van der Waals surface area (Å²) in [4.78, 5) is 38.9. The Morgan fingerprint density at radius 1 is 0.842 bits per heavy atom. The van der Waals surface area contributed by atoms with Crippen LogP contribution in [0.25, 0.3) is 6.08 Å². The number of hydrogen-bond donors (Lipinski definition) is 1. The van der Waals surface area contributed by atoms with Crippen LogP contribution in [0.4, 0.5) is 10.5 Å². The number of urea groups is 1. The molecular weight excluding hydrogens is 508 g/mol. The molecule has 3 aromatic rings. The van der Waals surface area contributed by atoms with E-state index in [9.17, 15) is 14.4 Å². The van der Waals surface area contributed by atoms with Crippen LogP contribution in [-0.4, -0.2) is 37.7 Å². The minimum atomic E-state index is -0.832. The van der Waals surface area contributed by atoms with Gasteiger partial charge in [-0.15, -0.1) is 0 Å². The minimum Gasteiger partial charge on any atom is -0.490 e. The molecule has 4 amide bonds. The van der Waals surface area contributed by atoms with E-state index >= 15 is 0 Å². The summed E-state index contributed by atoms with van der Waals surface area (Å²) in [6.07, 6.45) is 1.41. The molecule has 0 saturated carbocycles. The average Bonchev–Trinajstić information content (AvgIpc) is 2.88. The molecule has 0 atom stereocenters. The van der Waals surface area contributed by atoms with Gasteiger partial charge in [0.1, 0.15) is 24.5 Å². The van der Waals surface area contributed by atoms with Gasteiger partial charge in [0.2, 0.25) is 0 Å².